The number of halogens is 3. The fourth-order valence-corrected chi connectivity index (χ4v) is 3.76. The van der Waals surface area contributed by atoms with Crippen molar-refractivity contribution >= 4 is 26.0 Å². The number of sulfonamides is 1. The predicted octanol–water partition coefficient (Wildman–Crippen LogP) is 2.17. The fraction of sp³-hybridized carbons (Fsp3) is 0.400. The van der Waals surface area contributed by atoms with Crippen LogP contribution in [0.3, 0.4) is 0 Å². The number of nitrogens with one attached hydrogen (secondary N) is 1. The SMILES string of the molecule is O=S(=O)(NC1(CBr)CC1)c1ccc(F)c(F)c1. The highest BCUT2D eigenvalue weighted by Crippen LogP contribution is 2.38. The molecule has 0 unspecified atom stereocenters. The molecule has 1 N–H and O–H groups in total. The van der Waals surface area contributed by atoms with Crippen LogP contribution in [0.15, 0.2) is 23.1 Å². The molecule has 0 aromatic heterocycles. The average Bonchev–Trinajstić information content (AvgIpc) is 3.02. The van der Waals surface area contributed by atoms with Gasteiger partial charge < -0.3 is 0 Å². The van der Waals surface area contributed by atoms with Gasteiger partial charge in [-0.05, 0) is 31.0 Å². The second-order valence-electron chi connectivity index (χ2n) is 4.10. The molecule has 1 aromatic rings. The maximum atomic E-state index is 13.0. The summed E-state index contributed by atoms with van der Waals surface area (Å²) in [5, 5.41) is 0.503. The van der Waals surface area contributed by atoms with Crippen LogP contribution < -0.4 is 4.72 Å². The lowest BCUT2D eigenvalue weighted by atomic mass is 10.3. The van der Waals surface area contributed by atoms with Crippen molar-refractivity contribution in [2.45, 2.75) is 23.3 Å². The van der Waals surface area contributed by atoms with Gasteiger partial charge in [-0.2, -0.15) is 0 Å². The summed E-state index contributed by atoms with van der Waals surface area (Å²) in [6.07, 6.45) is 1.47. The first-order valence-corrected chi connectivity index (χ1v) is 7.54. The first kappa shape index (κ1) is 12.9. The van der Waals surface area contributed by atoms with Crippen molar-refractivity contribution in [3.05, 3.63) is 29.8 Å². The van der Waals surface area contributed by atoms with E-state index in [2.05, 4.69) is 20.7 Å². The summed E-state index contributed by atoms with van der Waals surface area (Å²) in [6.45, 7) is 0. The maximum Gasteiger partial charge on any atom is 0.241 e. The normalized spacial score (nSPS) is 18.1. The van der Waals surface area contributed by atoms with Crippen LogP contribution in [0.5, 0.6) is 0 Å². The summed E-state index contributed by atoms with van der Waals surface area (Å²) in [5.74, 6) is -2.23. The van der Waals surface area contributed by atoms with Crippen molar-refractivity contribution in [3.63, 3.8) is 0 Å². The summed E-state index contributed by atoms with van der Waals surface area (Å²) >= 11 is 3.22. The molecule has 0 aliphatic heterocycles. The summed E-state index contributed by atoms with van der Waals surface area (Å²) in [4.78, 5) is -0.261. The number of hydrogen-bond donors (Lipinski definition) is 1. The fourth-order valence-electron chi connectivity index (χ4n) is 1.40. The lowest BCUT2D eigenvalue weighted by Crippen LogP contribution is -2.38. The number of hydrogen-bond acceptors (Lipinski definition) is 2. The molecular formula is C10H10BrF2NO2S. The molecule has 7 heteroatoms. The topological polar surface area (TPSA) is 46.2 Å². The molecule has 1 saturated carbocycles. The van der Waals surface area contributed by atoms with E-state index in [0.717, 1.165) is 25.0 Å². The molecule has 0 bridgehead atoms. The molecule has 94 valence electrons. The van der Waals surface area contributed by atoms with Gasteiger partial charge in [0.15, 0.2) is 11.6 Å². The Kier molecular flexibility index (Phi) is 3.26. The minimum absolute atomic E-state index is 0.261. The van der Waals surface area contributed by atoms with Gasteiger partial charge in [0.2, 0.25) is 10.0 Å². The minimum atomic E-state index is -3.79. The van der Waals surface area contributed by atoms with Crippen LogP contribution in [0.2, 0.25) is 0 Å². The zero-order chi connectivity index (χ0) is 12.7. The average molecular weight is 326 g/mol. The van der Waals surface area contributed by atoms with Gasteiger partial charge in [-0.25, -0.2) is 21.9 Å². The molecule has 0 atom stereocenters. The quantitative estimate of drug-likeness (QED) is 0.862. The molecule has 2 rings (SSSR count). The Morgan fingerprint density at radius 3 is 2.41 bits per heavy atom. The highest BCUT2D eigenvalue weighted by molar-refractivity contribution is 9.09. The Balaban J connectivity index is 2.29. The third-order valence-corrected chi connectivity index (χ3v) is 5.31. The largest absolute Gasteiger partial charge is 0.241 e. The van der Waals surface area contributed by atoms with Gasteiger partial charge in [0.05, 0.1) is 4.90 Å². The third-order valence-electron chi connectivity index (χ3n) is 2.66. The lowest BCUT2D eigenvalue weighted by Gasteiger charge is -2.14. The molecule has 0 radical (unpaired) electrons. The lowest BCUT2D eigenvalue weighted by molar-refractivity contribution is 0.503. The van der Waals surface area contributed by atoms with Gasteiger partial charge in [-0.3, -0.25) is 0 Å². The molecule has 0 heterocycles. The van der Waals surface area contributed by atoms with Crippen LogP contribution in [-0.4, -0.2) is 19.3 Å². The van der Waals surface area contributed by atoms with Crippen molar-refractivity contribution in [2.24, 2.45) is 0 Å². The highest BCUT2D eigenvalue weighted by atomic mass is 79.9. The standard InChI is InChI=1S/C10H10BrF2NO2S/c11-6-10(3-4-10)14-17(15,16)7-1-2-8(12)9(13)5-7/h1-2,5,14H,3-4,6H2. The van der Waals surface area contributed by atoms with Gasteiger partial charge in [-0.15, -0.1) is 0 Å². The second kappa shape index (κ2) is 4.29. The molecule has 0 spiro atoms. The van der Waals surface area contributed by atoms with Gasteiger partial charge in [0.25, 0.3) is 0 Å². The van der Waals surface area contributed by atoms with Crippen LogP contribution in [-0.2, 0) is 10.0 Å². The summed E-state index contributed by atoms with van der Waals surface area (Å²) in [7, 11) is -3.79. The Hall–Kier alpha value is -0.530. The first-order valence-electron chi connectivity index (χ1n) is 4.94. The van der Waals surface area contributed by atoms with Crippen molar-refractivity contribution in [2.75, 3.05) is 5.33 Å². The van der Waals surface area contributed by atoms with Crippen LogP contribution >= 0.6 is 15.9 Å². The van der Waals surface area contributed by atoms with Crippen LogP contribution in [0.1, 0.15) is 12.8 Å². The highest BCUT2D eigenvalue weighted by Gasteiger charge is 2.45. The monoisotopic (exact) mass is 325 g/mol. The van der Waals surface area contributed by atoms with Crippen molar-refractivity contribution in [3.8, 4) is 0 Å². The molecule has 0 amide bonds. The molecule has 1 aliphatic carbocycles. The van der Waals surface area contributed by atoms with Crippen LogP contribution in [0.4, 0.5) is 8.78 Å². The Bertz CT molecular complexity index is 543. The zero-order valence-electron chi connectivity index (χ0n) is 8.71. The Morgan fingerprint density at radius 2 is 1.94 bits per heavy atom. The second-order valence-corrected chi connectivity index (χ2v) is 6.34. The van der Waals surface area contributed by atoms with E-state index in [-0.39, 0.29) is 4.90 Å². The van der Waals surface area contributed by atoms with Crippen molar-refractivity contribution in [1.82, 2.24) is 4.72 Å². The van der Waals surface area contributed by atoms with E-state index in [4.69, 9.17) is 0 Å². The molecule has 1 fully saturated rings. The van der Waals surface area contributed by atoms with E-state index >= 15 is 0 Å². The van der Waals surface area contributed by atoms with Gasteiger partial charge >= 0.3 is 0 Å². The van der Waals surface area contributed by atoms with E-state index in [9.17, 15) is 17.2 Å². The van der Waals surface area contributed by atoms with E-state index in [0.29, 0.717) is 11.4 Å². The molecule has 0 saturated heterocycles. The minimum Gasteiger partial charge on any atom is -0.207 e. The number of alkyl halides is 1. The predicted molar refractivity (Wildman–Crippen MR) is 62.4 cm³/mol. The zero-order valence-corrected chi connectivity index (χ0v) is 11.1. The third kappa shape index (κ3) is 2.66. The van der Waals surface area contributed by atoms with Crippen LogP contribution in [0, 0.1) is 11.6 Å². The van der Waals surface area contributed by atoms with Gasteiger partial charge in [-0.1, -0.05) is 15.9 Å². The van der Waals surface area contributed by atoms with Crippen molar-refractivity contribution in [1.29, 1.82) is 0 Å². The smallest absolute Gasteiger partial charge is 0.207 e. The van der Waals surface area contributed by atoms with E-state index in [1.54, 1.807) is 0 Å². The van der Waals surface area contributed by atoms with Gasteiger partial charge in [0, 0.05) is 10.9 Å². The van der Waals surface area contributed by atoms with E-state index in [1.165, 1.54) is 0 Å². The van der Waals surface area contributed by atoms with Crippen LogP contribution in [0.25, 0.3) is 0 Å². The molecule has 3 nitrogen and oxygen atoms in total. The molecular weight excluding hydrogens is 316 g/mol. The number of rotatable bonds is 4. The van der Waals surface area contributed by atoms with Gasteiger partial charge in [0.1, 0.15) is 0 Å². The molecule has 1 aliphatic rings. The Morgan fingerprint density at radius 1 is 1.29 bits per heavy atom. The maximum absolute atomic E-state index is 13.0. The van der Waals surface area contributed by atoms with E-state index in [1.807, 2.05) is 0 Å². The van der Waals surface area contributed by atoms with Crippen molar-refractivity contribution < 1.29 is 17.2 Å². The molecule has 17 heavy (non-hydrogen) atoms. The first-order chi connectivity index (χ1) is 7.88. The Labute approximate surface area is 106 Å². The summed E-state index contributed by atoms with van der Waals surface area (Å²) < 4.78 is 51.9. The number of benzene rings is 1. The summed E-state index contributed by atoms with van der Waals surface area (Å²) in [5.41, 5.74) is -0.469. The molecule has 1 aromatic carbocycles. The summed E-state index contributed by atoms with van der Waals surface area (Å²) in [6, 6.07) is 2.53. The van der Waals surface area contributed by atoms with E-state index < -0.39 is 27.2 Å².